The molecule has 1 aliphatic carbocycles. The minimum atomic E-state index is -0.510. The Morgan fingerprint density at radius 3 is 2.33 bits per heavy atom. The van der Waals surface area contributed by atoms with Gasteiger partial charge >= 0.3 is 6.09 Å². The number of halogens is 1. The average molecular weight is 420 g/mol. The largest absolute Gasteiger partial charge is 0.444 e. The van der Waals surface area contributed by atoms with Gasteiger partial charge in [-0.1, -0.05) is 19.9 Å². The Bertz CT molecular complexity index is 754. The first-order valence-corrected chi connectivity index (χ1v) is 11.5. The normalized spacial score (nSPS) is 24.6. The zero-order valence-electron chi connectivity index (χ0n) is 19.3. The third-order valence-corrected chi connectivity index (χ3v) is 6.87. The Morgan fingerprint density at radius 2 is 1.80 bits per heavy atom. The van der Waals surface area contributed by atoms with E-state index in [0.717, 1.165) is 61.6 Å². The molecule has 0 aromatic heterocycles. The lowest BCUT2D eigenvalue weighted by Crippen LogP contribution is -2.46. The van der Waals surface area contributed by atoms with E-state index in [9.17, 15) is 9.90 Å². The van der Waals surface area contributed by atoms with Crippen LogP contribution in [0.4, 0.5) is 9.18 Å². The number of aliphatic hydroxyl groups excluding tert-OH is 1. The molecule has 2 aliphatic rings. The van der Waals surface area contributed by atoms with Gasteiger partial charge in [0.25, 0.3) is 0 Å². The Hall–Kier alpha value is -1.62. The maximum Gasteiger partial charge on any atom is 0.410 e. The molecule has 168 valence electrons. The molecular formula is C25H38FNO3. The van der Waals surface area contributed by atoms with Crippen molar-refractivity contribution in [3.63, 3.8) is 0 Å². The van der Waals surface area contributed by atoms with Crippen LogP contribution in [0.25, 0.3) is 0 Å². The number of rotatable bonds is 3. The molecule has 0 radical (unpaired) electrons. The molecule has 3 rings (SSSR count). The molecule has 2 fully saturated rings. The summed E-state index contributed by atoms with van der Waals surface area (Å²) in [6.07, 6.45) is 5.20. The lowest BCUT2D eigenvalue weighted by Gasteiger charge is -2.41. The van der Waals surface area contributed by atoms with Gasteiger partial charge in [-0.2, -0.15) is 0 Å². The van der Waals surface area contributed by atoms with E-state index in [4.69, 9.17) is 4.74 Å². The second-order valence-corrected chi connectivity index (χ2v) is 10.4. The lowest BCUT2D eigenvalue weighted by molar-refractivity contribution is 0.0170. The van der Waals surface area contributed by atoms with E-state index in [1.54, 1.807) is 11.0 Å². The molecule has 1 heterocycles. The fourth-order valence-corrected chi connectivity index (χ4v) is 5.05. The van der Waals surface area contributed by atoms with Crippen LogP contribution >= 0.6 is 0 Å². The molecule has 30 heavy (non-hydrogen) atoms. The number of nitrogens with zero attached hydrogens (tertiary/aromatic N) is 1. The Balaban J connectivity index is 1.77. The van der Waals surface area contributed by atoms with Crippen molar-refractivity contribution in [2.75, 3.05) is 13.1 Å². The molecule has 5 heteroatoms. The quantitative estimate of drug-likeness (QED) is 0.684. The van der Waals surface area contributed by atoms with Crippen LogP contribution in [0.2, 0.25) is 0 Å². The van der Waals surface area contributed by atoms with Gasteiger partial charge in [0.05, 0.1) is 6.10 Å². The molecule has 1 aromatic carbocycles. The third-order valence-electron chi connectivity index (χ3n) is 6.87. The van der Waals surface area contributed by atoms with Gasteiger partial charge in [0.15, 0.2) is 0 Å². The molecule has 0 bridgehead atoms. The Kier molecular flexibility index (Phi) is 6.81. The van der Waals surface area contributed by atoms with Gasteiger partial charge in [-0.3, -0.25) is 0 Å². The summed E-state index contributed by atoms with van der Waals surface area (Å²) in [5.41, 5.74) is 2.20. The van der Waals surface area contributed by atoms with Crippen molar-refractivity contribution in [1.29, 1.82) is 0 Å². The summed E-state index contributed by atoms with van der Waals surface area (Å²) in [7, 11) is 0. The second-order valence-electron chi connectivity index (χ2n) is 10.4. The minimum Gasteiger partial charge on any atom is -0.444 e. The fraction of sp³-hybridized carbons (Fsp3) is 0.720. The van der Waals surface area contributed by atoms with Crippen LogP contribution in [0, 0.1) is 5.82 Å². The number of ether oxygens (including phenoxy) is 1. The lowest BCUT2D eigenvalue weighted by atomic mass is 9.71. The number of benzene rings is 1. The monoisotopic (exact) mass is 419 g/mol. The maximum absolute atomic E-state index is 15.5. The first-order valence-electron chi connectivity index (χ1n) is 11.5. The summed E-state index contributed by atoms with van der Waals surface area (Å²) >= 11 is 0. The zero-order valence-corrected chi connectivity index (χ0v) is 19.3. The SMILES string of the molecule is CCc1cc(C2CCC(O)CC2)cc(F)c1C1(C)CCN(C(=O)OC(C)(C)C)CC1. The molecule has 1 saturated carbocycles. The average Bonchev–Trinajstić information content (AvgIpc) is 2.66. The predicted molar refractivity (Wildman–Crippen MR) is 117 cm³/mol. The summed E-state index contributed by atoms with van der Waals surface area (Å²) < 4.78 is 21.0. The molecule has 1 aliphatic heterocycles. The fourth-order valence-electron chi connectivity index (χ4n) is 5.05. The molecule has 0 spiro atoms. The number of hydrogen-bond donors (Lipinski definition) is 1. The minimum absolute atomic E-state index is 0.108. The van der Waals surface area contributed by atoms with Crippen LogP contribution in [0.15, 0.2) is 12.1 Å². The molecule has 1 aromatic rings. The van der Waals surface area contributed by atoms with Crippen LogP contribution in [0.3, 0.4) is 0 Å². The number of piperidine rings is 1. The molecule has 1 N–H and O–H groups in total. The highest BCUT2D eigenvalue weighted by molar-refractivity contribution is 5.68. The molecule has 1 amide bonds. The van der Waals surface area contributed by atoms with Crippen molar-refractivity contribution in [2.45, 2.75) is 103 Å². The summed E-state index contributed by atoms with van der Waals surface area (Å²) in [5, 5.41) is 9.79. The topological polar surface area (TPSA) is 49.8 Å². The van der Waals surface area contributed by atoms with Crippen molar-refractivity contribution >= 4 is 6.09 Å². The highest BCUT2D eigenvalue weighted by atomic mass is 19.1. The Labute approximate surface area is 180 Å². The molecule has 0 atom stereocenters. The van der Waals surface area contributed by atoms with Crippen molar-refractivity contribution in [3.8, 4) is 0 Å². The maximum atomic E-state index is 15.5. The van der Waals surface area contributed by atoms with Gasteiger partial charge in [0, 0.05) is 13.1 Å². The van der Waals surface area contributed by atoms with Crippen LogP contribution in [0.5, 0.6) is 0 Å². The zero-order chi connectivity index (χ0) is 22.1. The smallest absolute Gasteiger partial charge is 0.410 e. The van der Waals surface area contributed by atoms with E-state index < -0.39 is 5.60 Å². The van der Waals surface area contributed by atoms with E-state index in [1.165, 1.54) is 0 Å². The van der Waals surface area contributed by atoms with Crippen molar-refractivity contribution in [2.24, 2.45) is 0 Å². The van der Waals surface area contributed by atoms with Crippen molar-refractivity contribution < 1.29 is 19.0 Å². The van der Waals surface area contributed by atoms with Gasteiger partial charge in [-0.05, 0) is 99.8 Å². The van der Waals surface area contributed by atoms with E-state index in [-0.39, 0.29) is 23.4 Å². The van der Waals surface area contributed by atoms with Crippen LogP contribution in [-0.4, -0.2) is 40.9 Å². The van der Waals surface area contributed by atoms with E-state index in [2.05, 4.69) is 19.9 Å². The van der Waals surface area contributed by atoms with Gasteiger partial charge in [-0.25, -0.2) is 9.18 Å². The van der Waals surface area contributed by atoms with Crippen LogP contribution in [0.1, 0.15) is 95.8 Å². The van der Waals surface area contributed by atoms with Crippen LogP contribution in [-0.2, 0) is 16.6 Å². The van der Waals surface area contributed by atoms with Gasteiger partial charge in [0.2, 0.25) is 0 Å². The number of amides is 1. The van der Waals surface area contributed by atoms with E-state index in [0.29, 0.717) is 19.0 Å². The summed E-state index contributed by atoms with van der Waals surface area (Å²) in [6, 6.07) is 3.94. The highest BCUT2D eigenvalue weighted by Crippen LogP contribution is 2.41. The number of hydrogen-bond acceptors (Lipinski definition) is 3. The molecule has 1 saturated heterocycles. The van der Waals surface area contributed by atoms with Crippen molar-refractivity contribution in [3.05, 3.63) is 34.6 Å². The third kappa shape index (κ3) is 5.16. The predicted octanol–water partition coefficient (Wildman–Crippen LogP) is 5.70. The second kappa shape index (κ2) is 8.86. The molecular weight excluding hydrogens is 381 g/mol. The first-order chi connectivity index (χ1) is 14.0. The number of carbonyl (C=O) groups is 1. The number of aliphatic hydroxyl groups is 1. The summed E-state index contributed by atoms with van der Waals surface area (Å²) in [4.78, 5) is 14.2. The van der Waals surface area contributed by atoms with Gasteiger partial charge in [0.1, 0.15) is 11.4 Å². The van der Waals surface area contributed by atoms with E-state index in [1.807, 2.05) is 20.8 Å². The summed E-state index contributed by atoms with van der Waals surface area (Å²) in [5.74, 6) is 0.229. The highest BCUT2D eigenvalue weighted by Gasteiger charge is 2.38. The number of likely N-dealkylation sites (tertiary alicyclic amines) is 1. The summed E-state index contributed by atoms with van der Waals surface area (Å²) in [6.45, 7) is 11.0. The number of aryl methyl sites for hydroxylation is 1. The number of carbonyl (C=O) groups excluding carboxylic acids is 1. The van der Waals surface area contributed by atoms with E-state index >= 15 is 4.39 Å². The molecule has 0 unspecified atom stereocenters. The van der Waals surface area contributed by atoms with Crippen LogP contribution < -0.4 is 0 Å². The molecule has 4 nitrogen and oxygen atoms in total. The Morgan fingerprint density at radius 1 is 1.20 bits per heavy atom. The van der Waals surface area contributed by atoms with Crippen molar-refractivity contribution in [1.82, 2.24) is 4.90 Å². The first kappa shape index (κ1) is 23.1. The van der Waals surface area contributed by atoms with Gasteiger partial charge in [-0.15, -0.1) is 0 Å². The van der Waals surface area contributed by atoms with Gasteiger partial charge < -0.3 is 14.7 Å². The standard InChI is InChI=1S/C25H38FNO3/c1-6-17-15-19(18-7-9-20(28)10-8-18)16-21(26)22(17)25(5)11-13-27(14-12-25)23(29)30-24(2,3)4/h15-16,18,20,28H,6-14H2,1-5H3.